The maximum absolute atomic E-state index is 8.54. The van der Waals surface area contributed by atoms with Gasteiger partial charge in [-0.25, -0.2) is 5.23 Å². The molecule has 0 spiro atoms. The largest absolute Gasteiger partial charge is 0.576 e. The summed E-state index contributed by atoms with van der Waals surface area (Å²) in [5, 5.41) is 23.9. The molecule has 0 amide bonds. The van der Waals surface area contributed by atoms with Crippen molar-refractivity contribution in [1.29, 1.82) is 0 Å². The molecule has 11 heteroatoms. The molecule has 0 saturated heterocycles. The summed E-state index contributed by atoms with van der Waals surface area (Å²) in [5.74, 6) is 11.0. The van der Waals surface area contributed by atoms with Gasteiger partial charge < -0.3 is 16.3 Å². The Labute approximate surface area is 70.7 Å². The van der Waals surface area contributed by atoms with Crippen molar-refractivity contribution < 1.29 is 10.1 Å². The molecule has 76 valence electrons. The summed E-state index contributed by atoms with van der Waals surface area (Å²) >= 11 is 0. The number of hydroxylamine groups is 1. The highest BCUT2D eigenvalue weighted by atomic mass is 32.3. The summed E-state index contributed by atoms with van der Waals surface area (Å²) < 4.78 is 0. The number of hydrazine groups is 2. The summed E-state index contributed by atoms with van der Waals surface area (Å²) in [4.78, 5) is 4.09. The van der Waals surface area contributed by atoms with Crippen molar-refractivity contribution in [3.8, 4) is 0 Å². The molecule has 10 N–H and O–H groups in total. The lowest BCUT2D eigenvalue weighted by atomic mass is 11.5. The number of nitrogens with one attached hydrogen (secondary N) is 1. The first kappa shape index (κ1) is 11.9. The lowest BCUT2D eigenvalue weighted by Gasteiger charge is -2.38. The van der Waals surface area contributed by atoms with Crippen molar-refractivity contribution in [3.05, 3.63) is 11.3 Å². The van der Waals surface area contributed by atoms with Gasteiger partial charge in [0.15, 0.2) is 0 Å². The fraction of sp³-hybridized carbons (Fsp3) is 1.00. The first-order valence-corrected chi connectivity index (χ1v) is 4.55. The van der Waals surface area contributed by atoms with Crippen LogP contribution in [-0.4, -0.2) is 21.6 Å². The molecule has 0 aliphatic heterocycles. The van der Waals surface area contributed by atoms with E-state index in [1.807, 2.05) is 0 Å². The first-order chi connectivity index (χ1) is 5.33. The van der Waals surface area contributed by atoms with Crippen molar-refractivity contribution >= 4 is 10.6 Å². The van der Waals surface area contributed by atoms with Crippen LogP contribution in [0.3, 0.4) is 0 Å². The second kappa shape index (κ2) is 4.85. The monoisotopic (exact) mass is 200 g/mol. The van der Waals surface area contributed by atoms with E-state index >= 15 is 0 Å². The molecule has 0 bridgehead atoms. The van der Waals surface area contributed by atoms with Gasteiger partial charge in [0.2, 0.25) is 0 Å². The molecule has 10 nitrogen and oxygen atoms in total. The standard InChI is InChI=1S/CH12N8O2S/c2-8(3)9(10)11-7-1-12(4,5)6/h2,10H,1,3-6H2/q-2. The third-order valence-corrected chi connectivity index (χ3v) is 1.14. The van der Waals surface area contributed by atoms with Gasteiger partial charge in [0.05, 0.1) is 0 Å². The third kappa shape index (κ3) is 6.65. The maximum Gasteiger partial charge on any atom is -0.0108 e. The van der Waals surface area contributed by atoms with Crippen molar-refractivity contribution in [1.82, 2.24) is 10.6 Å². The van der Waals surface area contributed by atoms with Gasteiger partial charge in [-0.05, 0) is 5.34 Å². The SMILES string of the molecule is [NH-]N(N)N(O)O[N-]CS(N)(N)N. The lowest BCUT2D eigenvalue weighted by molar-refractivity contribution is -0.414. The fourth-order valence-electron chi connectivity index (χ4n) is 0.206. The van der Waals surface area contributed by atoms with Crippen LogP contribution in [-0.2, 0) is 4.94 Å². The van der Waals surface area contributed by atoms with Crippen LogP contribution in [0.15, 0.2) is 0 Å². The maximum atomic E-state index is 8.54. The van der Waals surface area contributed by atoms with Crippen molar-refractivity contribution in [3.63, 3.8) is 0 Å². The highest BCUT2D eigenvalue weighted by Gasteiger charge is 1.97. The van der Waals surface area contributed by atoms with Gasteiger partial charge in [0.1, 0.15) is 0 Å². The van der Waals surface area contributed by atoms with Gasteiger partial charge >= 0.3 is 0 Å². The molecule has 0 heterocycles. The van der Waals surface area contributed by atoms with Gasteiger partial charge in [-0.2, -0.15) is 0 Å². The summed E-state index contributed by atoms with van der Waals surface area (Å²) in [6.45, 7) is 0. The molecular formula is CH12N8O2S-2. The summed E-state index contributed by atoms with van der Waals surface area (Å²) in [7, 11) is -2.30. The van der Waals surface area contributed by atoms with Crippen molar-refractivity contribution in [2.45, 2.75) is 0 Å². The summed E-state index contributed by atoms with van der Waals surface area (Å²) in [6.07, 6.45) is 0. The predicted octanol–water partition coefficient (Wildman–Crippen LogP) is -1.66. The number of rotatable bonds is 5. The minimum atomic E-state index is -2.30. The van der Waals surface area contributed by atoms with E-state index in [9.17, 15) is 0 Å². The van der Waals surface area contributed by atoms with Gasteiger partial charge in [-0.15, -0.1) is 10.6 Å². The minimum absolute atomic E-state index is 0.00403. The Morgan fingerprint density at radius 3 is 2.33 bits per heavy atom. The van der Waals surface area contributed by atoms with Gasteiger partial charge in [0, 0.05) is 0 Å². The summed E-state index contributed by atoms with van der Waals surface area (Å²) in [6, 6.07) is 0. The van der Waals surface area contributed by atoms with Crippen molar-refractivity contribution in [2.75, 3.05) is 5.88 Å². The van der Waals surface area contributed by atoms with E-state index in [0.29, 0.717) is 0 Å². The number of hydrogen-bond acceptors (Lipinski definition) is 8. The highest BCUT2D eigenvalue weighted by Crippen LogP contribution is 2.20. The molecular weight excluding hydrogens is 188 g/mol. The molecule has 0 unspecified atom stereocenters. The van der Waals surface area contributed by atoms with Crippen LogP contribution in [0.1, 0.15) is 0 Å². The first-order valence-electron chi connectivity index (χ1n) is 2.56. The van der Waals surface area contributed by atoms with E-state index in [-0.39, 0.29) is 16.4 Å². The molecule has 0 aliphatic carbocycles. The normalized spacial score (nSPS) is 14.3. The van der Waals surface area contributed by atoms with Crippen LogP contribution in [0.2, 0.25) is 0 Å². The van der Waals surface area contributed by atoms with Crippen LogP contribution < -0.4 is 21.3 Å². The molecule has 0 aromatic heterocycles. The molecule has 12 heavy (non-hydrogen) atoms. The molecule has 0 radical (unpaired) electrons. The van der Waals surface area contributed by atoms with E-state index in [1.165, 1.54) is 0 Å². The average molecular weight is 200 g/mol. The zero-order valence-corrected chi connectivity index (χ0v) is 6.94. The lowest BCUT2D eigenvalue weighted by Crippen LogP contribution is -2.39. The molecule has 0 aromatic rings. The van der Waals surface area contributed by atoms with Crippen molar-refractivity contribution in [2.24, 2.45) is 21.3 Å². The topological polar surface area (TPSA) is 178 Å². The second-order valence-electron chi connectivity index (χ2n) is 1.85. The number of nitrogens with zero attached hydrogens (tertiary/aromatic N) is 3. The molecule has 0 aromatic carbocycles. The van der Waals surface area contributed by atoms with Gasteiger partial charge in [-0.3, -0.25) is 26.5 Å². The quantitative estimate of drug-likeness (QED) is 0.258. The molecule has 0 atom stereocenters. The molecule has 0 fully saturated rings. The molecule has 0 aliphatic rings. The smallest absolute Gasteiger partial charge is 0.0108 e. The Hall–Kier alpha value is -0.0500. The Bertz CT molecular complexity index is 123. The van der Waals surface area contributed by atoms with E-state index in [4.69, 9.17) is 26.5 Å². The highest BCUT2D eigenvalue weighted by molar-refractivity contribution is 8.28. The zero-order chi connectivity index (χ0) is 9.78. The van der Waals surface area contributed by atoms with Crippen LogP contribution in [0.4, 0.5) is 0 Å². The summed E-state index contributed by atoms with van der Waals surface area (Å²) in [5.41, 5.74) is 3.16. The molecule has 0 saturated carbocycles. The predicted molar refractivity (Wildman–Crippen MR) is 43.4 cm³/mol. The van der Waals surface area contributed by atoms with E-state index in [0.717, 1.165) is 0 Å². The van der Waals surface area contributed by atoms with Gasteiger partial charge in [0.25, 0.3) is 0 Å². The fourth-order valence-corrected chi connectivity index (χ4v) is 0.436. The van der Waals surface area contributed by atoms with E-state index < -0.39 is 10.6 Å². The van der Waals surface area contributed by atoms with Crippen LogP contribution >= 0.6 is 10.6 Å². The zero-order valence-electron chi connectivity index (χ0n) is 6.12. The second-order valence-corrected chi connectivity index (χ2v) is 3.92. The Morgan fingerprint density at radius 2 is 2.00 bits per heavy atom. The Kier molecular flexibility index (Phi) is 4.83. The minimum Gasteiger partial charge on any atom is -0.576 e. The van der Waals surface area contributed by atoms with E-state index in [1.54, 1.807) is 0 Å². The van der Waals surface area contributed by atoms with Gasteiger partial charge in [-0.1, -0.05) is 5.88 Å². The van der Waals surface area contributed by atoms with E-state index in [2.05, 4.69) is 16.3 Å². The number of nitrogens with two attached hydrogens (primary N) is 4. The van der Waals surface area contributed by atoms with Crippen LogP contribution in [0.25, 0.3) is 11.3 Å². The molecule has 0 rings (SSSR count). The Balaban J connectivity index is 3.44. The number of hydrogen-bond donors (Lipinski definition) is 5. The van der Waals surface area contributed by atoms with Crippen LogP contribution in [0, 0.1) is 0 Å². The van der Waals surface area contributed by atoms with Crippen LogP contribution in [0.5, 0.6) is 0 Å². The third-order valence-electron chi connectivity index (χ3n) is 0.591. The average Bonchev–Trinajstić information content (AvgIpc) is 1.84. The Morgan fingerprint density at radius 1 is 1.50 bits per heavy atom.